The van der Waals surface area contributed by atoms with E-state index in [1.54, 1.807) is 38.4 Å². The summed E-state index contributed by atoms with van der Waals surface area (Å²) in [4.78, 5) is 26.5. The lowest BCUT2D eigenvalue weighted by Crippen LogP contribution is -3.11. The van der Waals surface area contributed by atoms with Crippen LogP contribution in [-0.2, 0) is 4.79 Å². The Labute approximate surface area is 119 Å². The van der Waals surface area contributed by atoms with Gasteiger partial charge in [0.1, 0.15) is 0 Å². The van der Waals surface area contributed by atoms with Gasteiger partial charge in [-0.1, -0.05) is 0 Å². The summed E-state index contributed by atoms with van der Waals surface area (Å²) in [5.41, 5.74) is 1.36. The second kappa shape index (κ2) is 6.52. The maximum atomic E-state index is 11.9. The number of carbonyl (C=O) groups excluding carboxylic acids is 2. The van der Waals surface area contributed by atoms with E-state index in [9.17, 15) is 9.59 Å². The van der Waals surface area contributed by atoms with E-state index in [2.05, 4.69) is 5.32 Å². The summed E-state index contributed by atoms with van der Waals surface area (Å²) >= 11 is 0. The molecule has 20 heavy (non-hydrogen) atoms. The van der Waals surface area contributed by atoms with E-state index in [-0.39, 0.29) is 11.8 Å². The number of rotatable bonds is 4. The topological polar surface area (TPSA) is 53.9 Å². The molecule has 0 radical (unpaired) electrons. The SMILES string of the molecule is CN(C)C(=O)c1ccc(NC(=O)C[NH+]2CCCC2)cc1. The van der Waals surface area contributed by atoms with Crippen molar-refractivity contribution in [2.45, 2.75) is 12.8 Å². The zero-order valence-electron chi connectivity index (χ0n) is 12.1. The lowest BCUT2D eigenvalue weighted by atomic mass is 10.2. The minimum Gasteiger partial charge on any atom is -0.345 e. The molecule has 1 saturated heterocycles. The molecule has 0 spiro atoms. The number of anilines is 1. The number of hydrogen-bond acceptors (Lipinski definition) is 2. The number of nitrogens with zero attached hydrogens (tertiary/aromatic N) is 1. The molecule has 0 aliphatic carbocycles. The van der Waals surface area contributed by atoms with Crippen molar-refractivity contribution in [3.63, 3.8) is 0 Å². The lowest BCUT2D eigenvalue weighted by molar-refractivity contribution is -0.878. The Morgan fingerprint density at radius 1 is 1.15 bits per heavy atom. The quantitative estimate of drug-likeness (QED) is 0.814. The molecule has 0 saturated carbocycles. The Hall–Kier alpha value is -1.88. The Morgan fingerprint density at radius 3 is 2.30 bits per heavy atom. The fraction of sp³-hybridized carbons (Fsp3) is 0.467. The zero-order valence-corrected chi connectivity index (χ0v) is 12.1. The first-order chi connectivity index (χ1) is 9.56. The molecule has 1 aliphatic heterocycles. The van der Waals surface area contributed by atoms with Gasteiger partial charge in [0.15, 0.2) is 6.54 Å². The van der Waals surface area contributed by atoms with Crippen LogP contribution < -0.4 is 10.2 Å². The van der Waals surface area contributed by atoms with E-state index in [1.807, 2.05) is 0 Å². The van der Waals surface area contributed by atoms with E-state index in [4.69, 9.17) is 0 Å². The van der Waals surface area contributed by atoms with Crippen LogP contribution in [0, 0.1) is 0 Å². The summed E-state index contributed by atoms with van der Waals surface area (Å²) < 4.78 is 0. The van der Waals surface area contributed by atoms with Gasteiger partial charge in [-0.3, -0.25) is 9.59 Å². The van der Waals surface area contributed by atoms with Crippen molar-refractivity contribution in [3.05, 3.63) is 29.8 Å². The van der Waals surface area contributed by atoms with Crippen molar-refractivity contribution in [2.75, 3.05) is 39.0 Å². The van der Waals surface area contributed by atoms with Gasteiger partial charge in [-0.05, 0) is 24.3 Å². The molecule has 1 aliphatic rings. The highest BCUT2D eigenvalue weighted by Gasteiger charge is 2.18. The molecule has 1 aromatic rings. The Bertz CT molecular complexity index is 476. The largest absolute Gasteiger partial charge is 0.345 e. The second-order valence-corrected chi connectivity index (χ2v) is 5.46. The lowest BCUT2D eigenvalue weighted by Gasteiger charge is -2.13. The van der Waals surface area contributed by atoms with Gasteiger partial charge in [0.25, 0.3) is 11.8 Å². The van der Waals surface area contributed by atoms with Crippen molar-refractivity contribution in [2.24, 2.45) is 0 Å². The molecule has 1 heterocycles. The summed E-state index contributed by atoms with van der Waals surface area (Å²) in [5.74, 6) is -0.00188. The van der Waals surface area contributed by atoms with Gasteiger partial charge in [0, 0.05) is 38.2 Å². The fourth-order valence-corrected chi connectivity index (χ4v) is 2.44. The molecule has 0 aromatic heterocycles. The van der Waals surface area contributed by atoms with Crippen LogP contribution in [0.5, 0.6) is 0 Å². The fourth-order valence-electron chi connectivity index (χ4n) is 2.44. The molecule has 5 nitrogen and oxygen atoms in total. The van der Waals surface area contributed by atoms with Gasteiger partial charge < -0.3 is 15.1 Å². The van der Waals surface area contributed by atoms with Crippen molar-refractivity contribution in [1.82, 2.24) is 4.90 Å². The third-order valence-corrected chi connectivity index (χ3v) is 3.54. The third kappa shape index (κ3) is 3.81. The summed E-state index contributed by atoms with van der Waals surface area (Å²) in [7, 11) is 3.44. The summed E-state index contributed by atoms with van der Waals surface area (Å²) in [6.45, 7) is 2.70. The van der Waals surface area contributed by atoms with Gasteiger partial charge >= 0.3 is 0 Å². The first-order valence-corrected chi connectivity index (χ1v) is 7.01. The molecular weight excluding hydrogens is 254 g/mol. The van der Waals surface area contributed by atoms with Crippen LogP contribution in [0.15, 0.2) is 24.3 Å². The number of likely N-dealkylation sites (tertiary alicyclic amines) is 1. The molecular formula is C15H22N3O2+. The van der Waals surface area contributed by atoms with Crippen LogP contribution in [0.3, 0.4) is 0 Å². The van der Waals surface area contributed by atoms with Crippen LogP contribution in [0.4, 0.5) is 5.69 Å². The highest BCUT2D eigenvalue weighted by atomic mass is 16.2. The number of hydrogen-bond donors (Lipinski definition) is 2. The first kappa shape index (κ1) is 14.5. The number of amides is 2. The van der Waals surface area contributed by atoms with Gasteiger partial charge in [0.2, 0.25) is 0 Å². The van der Waals surface area contributed by atoms with Gasteiger partial charge in [0.05, 0.1) is 13.1 Å². The zero-order chi connectivity index (χ0) is 14.5. The van der Waals surface area contributed by atoms with Crippen molar-refractivity contribution < 1.29 is 14.5 Å². The number of quaternary nitrogens is 1. The van der Waals surface area contributed by atoms with Gasteiger partial charge in [-0.15, -0.1) is 0 Å². The van der Waals surface area contributed by atoms with Gasteiger partial charge in [-0.25, -0.2) is 0 Å². The van der Waals surface area contributed by atoms with E-state index in [0.717, 1.165) is 18.8 Å². The van der Waals surface area contributed by atoms with E-state index in [0.29, 0.717) is 12.1 Å². The Kier molecular flexibility index (Phi) is 4.74. The molecule has 108 valence electrons. The number of nitrogens with one attached hydrogen (secondary N) is 2. The minimum atomic E-state index is -0.0376. The average molecular weight is 276 g/mol. The molecule has 2 N–H and O–H groups in total. The predicted octanol–water partition coefficient (Wildman–Crippen LogP) is 0.00560. The monoisotopic (exact) mass is 276 g/mol. The molecule has 5 heteroatoms. The normalized spacial score (nSPS) is 15.1. The van der Waals surface area contributed by atoms with Crippen molar-refractivity contribution >= 4 is 17.5 Å². The average Bonchev–Trinajstić information content (AvgIpc) is 2.91. The summed E-state index contributed by atoms with van der Waals surface area (Å²) in [6, 6.07) is 7.02. The Balaban J connectivity index is 1.89. The molecule has 1 fully saturated rings. The Morgan fingerprint density at radius 2 is 1.75 bits per heavy atom. The molecule has 0 unspecified atom stereocenters. The number of benzene rings is 1. The van der Waals surface area contributed by atoms with Crippen LogP contribution in [0.1, 0.15) is 23.2 Å². The predicted molar refractivity (Wildman–Crippen MR) is 77.9 cm³/mol. The van der Waals surface area contributed by atoms with Crippen LogP contribution >= 0.6 is 0 Å². The summed E-state index contributed by atoms with van der Waals surface area (Å²) in [5, 5.41) is 2.88. The highest BCUT2D eigenvalue weighted by molar-refractivity contribution is 5.95. The van der Waals surface area contributed by atoms with Crippen LogP contribution in [-0.4, -0.2) is 50.4 Å². The maximum Gasteiger partial charge on any atom is 0.279 e. The standard InChI is InChI=1S/C15H21N3O2/c1-17(2)15(20)12-5-7-13(8-6-12)16-14(19)11-18-9-3-4-10-18/h5-8H,3-4,9-11H2,1-2H3,(H,16,19)/p+1. The third-order valence-electron chi connectivity index (χ3n) is 3.54. The molecule has 1 aromatic carbocycles. The minimum absolute atomic E-state index is 0.0357. The van der Waals surface area contributed by atoms with E-state index >= 15 is 0 Å². The van der Waals surface area contributed by atoms with Crippen LogP contribution in [0.25, 0.3) is 0 Å². The smallest absolute Gasteiger partial charge is 0.279 e. The maximum absolute atomic E-state index is 11.9. The second-order valence-electron chi connectivity index (χ2n) is 5.46. The van der Waals surface area contributed by atoms with Crippen molar-refractivity contribution in [1.29, 1.82) is 0 Å². The molecule has 2 amide bonds. The first-order valence-electron chi connectivity index (χ1n) is 7.01. The van der Waals surface area contributed by atoms with E-state index < -0.39 is 0 Å². The molecule has 0 atom stereocenters. The highest BCUT2D eigenvalue weighted by Crippen LogP contribution is 2.10. The van der Waals surface area contributed by atoms with Crippen LogP contribution in [0.2, 0.25) is 0 Å². The molecule has 2 rings (SSSR count). The summed E-state index contributed by atoms with van der Waals surface area (Å²) in [6.07, 6.45) is 2.42. The van der Waals surface area contributed by atoms with E-state index in [1.165, 1.54) is 22.6 Å². The molecule has 0 bridgehead atoms. The number of carbonyl (C=O) groups is 2. The van der Waals surface area contributed by atoms with Gasteiger partial charge in [-0.2, -0.15) is 0 Å². The van der Waals surface area contributed by atoms with Crippen molar-refractivity contribution in [3.8, 4) is 0 Å².